The molecule has 0 aliphatic rings. The van der Waals surface area contributed by atoms with Crippen molar-refractivity contribution in [2.45, 2.75) is 46.6 Å². The van der Waals surface area contributed by atoms with Crippen molar-refractivity contribution in [1.29, 1.82) is 0 Å². The molecular formula is C18H22O5. The van der Waals surface area contributed by atoms with E-state index in [1.54, 1.807) is 26.0 Å². The van der Waals surface area contributed by atoms with Gasteiger partial charge in [-0.3, -0.25) is 0 Å². The Morgan fingerprint density at radius 2 is 2.04 bits per heavy atom. The Kier molecular flexibility index (Phi) is 5.42. The number of carbonyl (C=O) groups is 1. The van der Waals surface area contributed by atoms with Crippen LogP contribution in [0.5, 0.6) is 5.75 Å². The molecule has 0 saturated heterocycles. The molecule has 0 aliphatic carbocycles. The summed E-state index contributed by atoms with van der Waals surface area (Å²) in [4.78, 5) is 23.7. The lowest BCUT2D eigenvalue weighted by molar-refractivity contribution is -0.150. The molecule has 1 atom stereocenters. The Hall–Kier alpha value is -2.30. The summed E-state index contributed by atoms with van der Waals surface area (Å²) in [5.74, 6) is 0.0346. The van der Waals surface area contributed by atoms with Gasteiger partial charge in [-0.1, -0.05) is 13.3 Å². The van der Waals surface area contributed by atoms with E-state index in [-0.39, 0.29) is 5.63 Å². The molecule has 1 aromatic heterocycles. The van der Waals surface area contributed by atoms with Crippen molar-refractivity contribution in [3.63, 3.8) is 0 Å². The van der Waals surface area contributed by atoms with Gasteiger partial charge in [0.25, 0.3) is 0 Å². The molecule has 0 fully saturated rings. The summed E-state index contributed by atoms with van der Waals surface area (Å²) in [5, 5.41) is 0.879. The van der Waals surface area contributed by atoms with Crippen molar-refractivity contribution in [3.05, 3.63) is 39.7 Å². The minimum Gasteiger partial charge on any atom is -0.479 e. The average molecular weight is 318 g/mol. The van der Waals surface area contributed by atoms with E-state index in [4.69, 9.17) is 13.9 Å². The van der Waals surface area contributed by atoms with Crippen LogP contribution in [0.4, 0.5) is 0 Å². The molecule has 0 N–H and O–H groups in total. The summed E-state index contributed by atoms with van der Waals surface area (Å²) >= 11 is 0. The lowest BCUT2D eigenvalue weighted by atomic mass is 10.0. The number of ether oxygens (including phenoxy) is 2. The zero-order chi connectivity index (χ0) is 17.0. The fraction of sp³-hybridized carbons (Fsp3) is 0.444. The molecular weight excluding hydrogens is 296 g/mol. The first-order valence-electron chi connectivity index (χ1n) is 7.87. The van der Waals surface area contributed by atoms with Crippen molar-refractivity contribution >= 4 is 16.9 Å². The fourth-order valence-corrected chi connectivity index (χ4v) is 2.50. The largest absolute Gasteiger partial charge is 0.479 e. The molecule has 0 saturated carbocycles. The number of rotatable bonds is 6. The quantitative estimate of drug-likeness (QED) is 0.603. The minimum absolute atomic E-state index is 0.304. The Labute approximate surface area is 135 Å². The van der Waals surface area contributed by atoms with Gasteiger partial charge in [-0.05, 0) is 44.9 Å². The predicted molar refractivity (Wildman–Crippen MR) is 87.9 cm³/mol. The van der Waals surface area contributed by atoms with E-state index in [0.29, 0.717) is 29.9 Å². The van der Waals surface area contributed by atoms with Crippen LogP contribution < -0.4 is 10.4 Å². The third-order valence-electron chi connectivity index (χ3n) is 3.69. The van der Waals surface area contributed by atoms with E-state index in [0.717, 1.165) is 17.4 Å². The normalized spacial score (nSPS) is 12.2. The second kappa shape index (κ2) is 7.31. The van der Waals surface area contributed by atoms with Crippen LogP contribution in [-0.4, -0.2) is 18.7 Å². The highest BCUT2D eigenvalue weighted by Crippen LogP contribution is 2.25. The number of fused-ring (bicyclic) bond motifs is 1. The first-order chi connectivity index (χ1) is 11.0. The van der Waals surface area contributed by atoms with Crippen molar-refractivity contribution < 1.29 is 18.7 Å². The molecule has 23 heavy (non-hydrogen) atoms. The second-order valence-electron chi connectivity index (χ2n) is 5.41. The predicted octanol–water partition coefficient (Wildman–Crippen LogP) is 3.38. The van der Waals surface area contributed by atoms with Gasteiger partial charge >= 0.3 is 11.6 Å². The van der Waals surface area contributed by atoms with Gasteiger partial charge in [0.2, 0.25) is 0 Å². The number of hydrogen-bond donors (Lipinski definition) is 0. The van der Waals surface area contributed by atoms with Gasteiger partial charge in [-0.2, -0.15) is 0 Å². The summed E-state index contributed by atoms with van der Waals surface area (Å²) < 4.78 is 15.9. The molecule has 5 heteroatoms. The van der Waals surface area contributed by atoms with E-state index in [9.17, 15) is 9.59 Å². The number of esters is 1. The van der Waals surface area contributed by atoms with Crippen molar-refractivity contribution in [2.75, 3.05) is 6.61 Å². The molecule has 0 radical (unpaired) electrons. The van der Waals surface area contributed by atoms with E-state index >= 15 is 0 Å². The number of aryl methyl sites for hydroxylation is 1. The summed E-state index contributed by atoms with van der Waals surface area (Å²) in [6, 6.07) is 5.25. The third kappa shape index (κ3) is 3.73. The molecule has 1 unspecified atom stereocenters. The van der Waals surface area contributed by atoms with Crippen molar-refractivity contribution in [1.82, 2.24) is 0 Å². The number of hydrogen-bond acceptors (Lipinski definition) is 5. The molecule has 0 amide bonds. The van der Waals surface area contributed by atoms with Crippen molar-refractivity contribution in [2.24, 2.45) is 0 Å². The average Bonchev–Trinajstić information content (AvgIpc) is 2.51. The van der Waals surface area contributed by atoms with E-state index < -0.39 is 12.1 Å². The van der Waals surface area contributed by atoms with E-state index in [1.807, 2.05) is 19.9 Å². The third-order valence-corrected chi connectivity index (χ3v) is 3.69. The highest BCUT2D eigenvalue weighted by atomic mass is 16.6. The number of benzene rings is 1. The van der Waals surface area contributed by atoms with Gasteiger partial charge in [0.15, 0.2) is 6.10 Å². The lowest BCUT2D eigenvalue weighted by Gasteiger charge is -2.14. The summed E-state index contributed by atoms with van der Waals surface area (Å²) in [5.41, 5.74) is 1.80. The van der Waals surface area contributed by atoms with Crippen LogP contribution in [0.3, 0.4) is 0 Å². The molecule has 2 rings (SSSR count). The van der Waals surface area contributed by atoms with Gasteiger partial charge in [0, 0.05) is 17.0 Å². The molecule has 0 aliphatic heterocycles. The molecule has 1 heterocycles. The smallest absolute Gasteiger partial charge is 0.347 e. The maximum Gasteiger partial charge on any atom is 0.347 e. The van der Waals surface area contributed by atoms with Gasteiger partial charge in [0.1, 0.15) is 11.3 Å². The summed E-state index contributed by atoms with van der Waals surface area (Å²) in [6.07, 6.45) is 0.858. The maximum absolute atomic E-state index is 12.1. The Morgan fingerprint density at radius 1 is 1.30 bits per heavy atom. The first-order valence-corrected chi connectivity index (χ1v) is 7.87. The highest BCUT2D eigenvalue weighted by Gasteiger charge is 2.17. The summed E-state index contributed by atoms with van der Waals surface area (Å²) in [6.45, 7) is 7.61. The Bertz CT molecular complexity index is 760. The lowest BCUT2D eigenvalue weighted by Crippen LogP contribution is -2.26. The van der Waals surface area contributed by atoms with Gasteiger partial charge in [0.05, 0.1) is 6.61 Å². The Balaban J connectivity index is 2.34. The zero-order valence-corrected chi connectivity index (χ0v) is 14.0. The monoisotopic (exact) mass is 318 g/mol. The van der Waals surface area contributed by atoms with Crippen LogP contribution in [0.2, 0.25) is 0 Å². The topological polar surface area (TPSA) is 65.7 Å². The van der Waals surface area contributed by atoms with Crippen LogP contribution in [-0.2, 0) is 16.0 Å². The summed E-state index contributed by atoms with van der Waals surface area (Å²) in [7, 11) is 0. The second-order valence-corrected chi connectivity index (χ2v) is 5.41. The Morgan fingerprint density at radius 3 is 2.70 bits per heavy atom. The molecule has 0 bridgehead atoms. The van der Waals surface area contributed by atoms with Crippen LogP contribution in [0, 0.1) is 6.92 Å². The van der Waals surface area contributed by atoms with Crippen molar-refractivity contribution in [3.8, 4) is 5.75 Å². The van der Waals surface area contributed by atoms with Crippen LogP contribution in [0.1, 0.15) is 38.3 Å². The van der Waals surface area contributed by atoms with Crippen LogP contribution in [0.25, 0.3) is 11.0 Å². The molecule has 1 aromatic carbocycles. The molecule has 2 aromatic rings. The number of carbonyl (C=O) groups excluding carboxylic acids is 1. The maximum atomic E-state index is 12.1. The van der Waals surface area contributed by atoms with Gasteiger partial charge < -0.3 is 13.9 Å². The van der Waals surface area contributed by atoms with Gasteiger partial charge in [-0.15, -0.1) is 0 Å². The zero-order valence-electron chi connectivity index (χ0n) is 14.0. The van der Waals surface area contributed by atoms with Crippen LogP contribution in [0.15, 0.2) is 27.4 Å². The van der Waals surface area contributed by atoms with Crippen LogP contribution >= 0.6 is 0 Å². The first kappa shape index (κ1) is 17.1. The van der Waals surface area contributed by atoms with E-state index in [2.05, 4.69) is 0 Å². The van der Waals surface area contributed by atoms with E-state index in [1.165, 1.54) is 0 Å². The molecule has 0 spiro atoms. The highest BCUT2D eigenvalue weighted by molar-refractivity contribution is 5.82. The van der Waals surface area contributed by atoms with Gasteiger partial charge in [-0.25, -0.2) is 9.59 Å². The standard InChI is InChI=1S/C18H22O5/c1-5-7-15-11(3)14-9-8-13(10-16(14)23-18(15)20)22-12(4)17(19)21-6-2/h8-10,12H,5-7H2,1-4H3. The molecule has 5 nitrogen and oxygen atoms in total. The minimum atomic E-state index is -0.723. The SMILES string of the molecule is CCCc1c(C)c2ccc(OC(C)C(=O)OCC)cc2oc1=O. The molecule has 124 valence electrons. The fourth-order valence-electron chi connectivity index (χ4n) is 2.50.